The lowest BCUT2D eigenvalue weighted by molar-refractivity contribution is 0.490. The fourth-order valence-electron chi connectivity index (χ4n) is 2.64. The summed E-state index contributed by atoms with van der Waals surface area (Å²) in [6, 6.07) is 8.23. The minimum atomic E-state index is 0.146. The number of anilines is 2. The average molecular weight is 271 g/mol. The topological polar surface area (TPSA) is 41.3 Å². The third-order valence-electron chi connectivity index (χ3n) is 3.78. The van der Waals surface area contributed by atoms with E-state index in [1.54, 1.807) is 6.26 Å². The molecule has 0 bridgehead atoms. The highest BCUT2D eigenvalue weighted by atomic mass is 16.3. The molecule has 20 heavy (non-hydrogen) atoms. The normalized spacial score (nSPS) is 16.9. The van der Waals surface area contributed by atoms with E-state index in [0.29, 0.717) is 0 Å². The molecule has 2 aromatic heterocycles. The first-order chi connectivity index (χ1) is 9.83. The zero-order valence-electron chi connectivity index (χ0n) is 11.9. The Morgan fingerprint density at radius 1 is 1.20 bits per heavy atom. The quantitative estimate of drug-likeness (QED) is 0.917. The fraction of sp³-hybridized carbons (Fsp3) is 0.438. The molecule has 0 radical (unpaired) electrons. The van der Waals surface area contributed by atoms with Crippen molar-refractivity contribution in [3.63, 3.8) is 0 Å². The molecule has 1 aliphatic rings. The number of nitrogens with zero attached hydrogens (tertiary/aromatic N) is 2. The highest BCUT2D eigenvalue weighted by Gasteiger charge is 2.12. The van der Waals surface area contributed by atoms with Crippen molar-refractivity contribution in [3.05, 3.63) is 42.5 Å². The molecule has 1 saturated heterocycles. The zero-order chi connectivity index (χ0) is 13.8. The standard InChI is InChI=1S/C16H21N3O/c1-13(15-6-5-11-20-15)18-14-7-8-16(17-12-14)19-9-3-2-4-10-19/h5-8,11-13,18H,2-4,9-10H2,1H3. The van der Waals surface area contributed by atoms with Crippen molar-refractivity contribution in [1.29, 1.82) is 0 Å². The molecule has 0 spiro atoms. The lowest BCUT2D eigenvalue weighted by Gasteiger charge is -2.27. The van der Waals surface area contributed by atoms with Crippen molar-refractivity contribution in [3.8, 4) is 0 Å². The summed E-state index contributed by atoms with van der Waals surface area (Å²) in [5, 5.41) is 3.40. The van der Waals surface area contributed by atoms with Crippen LogP contribution in [0, 0.1) is 0 Å². The molecule has 0 saturated carbocycles. The van der Waals surface area contributed by atoms with Gasteiger partial charge in [-0.2, -0.15) is 0 Å². The first-order valence-electron chi connectivity index (χ1n) is 7.34. The highest BCUT2D eigenvalue weighted by molar-refractivity contribution is 5.49. The summed E-state index contributed by atoms with van der Waals surface area (Å²) in [5.41, 5.74) is 1.02. The van der Waals surface area contributed by atoms with Crippen LogP contribution in [0.5, 0.6) is 0 Å². The number of pyridine rings is 1. The van der Waals surface area contributed by atoms with Crippen LogP contribution in [0.4, 0.5) is 11.5 Å². The molecule has 0 aliphatic carbocycles. The molecule has 2 aromatic rings. The molecule has 4 heteroatoms. The maximum absolute atomic E-state index is 5.40. The van der Waals surface area contributed by atoms with Gasteiger partial charge in [0.25, 0.3) is 0 Å². The monoisotopic (exact) mass is 271 g/mol. The average Bonchev–Trinajstić information content (AvgIpc) is 3.03. The summed E-state index contributed by atoms with van der Waals surface area (Å²) in [6.07, 6.45) is 7.50. The van der Waals surface area contributed by atoms with Crippen molar-refractivity contribution >= 4 is 11.5 Å². The van der Waals surface area contributed by atoms with Crippen molar-refractivity contribution in [2.45, 2.75) is 32.2 Å². The van der Waals surface area contributed by atoms with E-state index in [1.165, 1.54) is 19.3 Å². The van der Waals surface area contributed by atoms with Gasteiger partial charge in [0.1, 0.15) is 11.6 Å². The van der Waals surface area contributed by atoms with Gasteiger partial charge in [-0.05, 0) is 50.5 Å². The van der Waals surface area contributed by atoms with Crippen LogP contribution in [0.1, 0.15) is 38.0 Å². The van der Waals surface area contributed by atoms with E-state index in [1.807, 2.05) is 18.3 Å². The molecule has 1 fully saturated rings. The summed E-state index contributed by atoms with van der Waals surface area (Å²) in [5.74, 6) is 2.02. The molecular weight excluding hydrogens is 250 g/mol. The molecule has 1 aliphatic heterocycles. The summed E-state index contributed by atoms with van der Waals surface area (Å²) in [7, 11) is 0. The van der Waals surface area contributed by atoms with Crippen LogP contribution in [-0.4, -0.2) is 18.1 Å². The second kappa shape index (κ2) is 5.99. The zero-order valence-corrected chi connectivity index (χ0v) is 11.9. The van der Waals surface area contributed by atoms with Crippen LogP contribution < -0.4 is 10.2 Å². The number of aromatic nitrogens is 1. The molecule has 4 nitrogen and oxygen atoms in total. The minimum Gasteiger partial charge on any atom is -0.467 e. The molecule has 3 rings (SSSR count). The number of nitrogens with one attached hydrogen (secondary N) is 1. The third kappa shape index (κ3) is 2.95. The second-order valence-corrected chi connectivity index (χ2v) is 5.33. The molecule has 1 atom stereocenters. The number of hydrogen-bond acceptors (Lipinski definition) is 4. The Kier molecular flexibility index (Phi) is 3.90. The van der Waals surface area contributed by atoms with Gasteiger partial charge in [-0.3, -0.25) is 0 Å². The summed E-state index contributed by atoms with van der Waals surface area (Å²) in [6.45, 7) is 4.34. The van der Waals surface area contributed by atoms with Crippen molar-refractivity contribution in [1.82, 2.24) is 4.98 Å². The largest absolute Gasteiger partial charge is 0.467 e. The van der Waals surface area contributed by atoms with Crippen LogP contribution in [0.15, 0.2) is 41.1 Å². The van der Waals surface area contributed by atoms with E-state index in [0.717, 1.165) is 30.4 Å². The van der Waals surface area contributed by atoms with Gasteiger partial charge in [0.15, 0.2) is 0 Å². The first kappa shape index (κ1) is 13.0. The van der Waals surface area contributed by atoms with Crippen LogP contribution in [0.2, 0.25) is 0 Å². The van der Waals surface area contributed by atoms with Gasteiger partial charge in [0.05, 0.1) is 24.2 Å². The lowest BCUT2D eigenvalue weighted by atomic mass is 10.1. The van der Waals surface area contributed by atoms with Gasteiger partial charge >= 0.3 is 0 Å². The molecule has 0 amide bonds. The van der Waals surface area contributed by atoms with Crippen LogP contribution in [0.25, 0.3) is 0 Å². The Hall–Kier alpha value is -1.97. The summed E-state index contributed by atoms with van der Waals surface area (Å²) >= 11 is 0. The van der Waals surface area contributed by atoms with Gasteiger partial charge < -0.3 is 14.6 Å². The molecule has 106 valence electrons. The Morgan fingerprint density at radius 2 is 2.05 bits per heavy atom. The van der Waals surface area contributed by atoms with Gasteiger partial charge in [0.2, 0.25) is 0 Å². The maximum Gasteiger partial charge on any atom is 0.128 e. The number of rotatable bonds is 4. The minimum absolute atomic E-state index is 0.146. The van der Waals surface area contributed by atoms with Crippen LogP contribution >= 0.6 is 0 Å². The molecule has 0 aromatic carbocycles. The van der Waals surface area contributed by atoms with Crippen LogP contribution in [0.3, 0.4) is 0 Å². The van der Waals surface area contributed by atoms with Gasteiger partial charge in [-0.25, -0.2) is 4.98 Å². The molecule has 3 heterocycles. The van der Waals surface area contributed by atoms with E-state index < -0.39 is 0 Å². The van der Waals surface area contributed by atoms with Crippen molar-refractivity contribution in [2.24, 2.45) is 0 Å². The molecule has 1 N–H and O–H groups in total. The Balaban J connectivity index is 1.63. The molecular formula is C16H21N3O. The second-order valence-electron chi connectivity index (χ2n) is 5.33. The predicted molar refractivity (Wildman–Crippen MR) is 81.0 cm³/mol. The van der Waals surface area contributed by atoms with E-state index in [2.05, 4.69) is 34.3 Å². The molecule has 1 unspecified atom stereocenters. The highest BCUT2D eigenvalue weighted by Crippen LogP contribution is 2.22. The number of piperidine rings is 1. The fourth-order valence-corrected chi connectivity index (χ4v) is 2.64. The number of furan rings is 1. The van der Waals surface area contributed by atoms with Crippen LogP contribution in [-0.2, 0) is 0 Å². The van der Waals surface area contributed by atoms with Gasteiger partial charge in [-0.1, -0.05) is 0 Å². The van der Waals surface area contributed by atoms with E-state index in [9.17, 15) is 0 Å². The summed E-state index contributed by atoms with van der Waals surface area (Å²) in [4.78, 5) is 6.93. The Bertz CT molecular complexity index is 515. The third-order valence-corrected chi connectivity index (χ3v) is 3.78. The first-order valence-corrected chi connectivity index (χ1v) is 7.34. The SMILES string of the molecule is CC(Nc1ccc(N2CCCCC2)nc1)c1ccco1. The Labute approximate surface area is 119 Å². The Morgan fingerprint density at radius 3 is 2.70 bits per heavy atom. The maximum atomic E-state index is 5.40. The van der Waals surface area contributed by atoms with Crippen molar-refractivity contribution < 1.29 is 4.42 Å². The van der Waals surface area contributed by atoms with Gasteiger partial charge in [-0.15, -0.1) is 0 Å². The van der Waals surface area contributed by atoms with Gasteiger partial charge in [0, 0.05) is 13.1 Å². The van der Waals surface area contributed by atoms with E-state index in [-0.39, 0.29) is 6.04 Å². The predicted octanol–water partition coefficient (Wildman–Crippen LogP) is 3.84. The lowest BCUT2D eigenvalue weighted by Crippen LogP contribution is -2.30. The summed E-state index contributed by atoms with van der Waals surface area (Å²) < 4.78 is 5.40. The van der Waals surface area contributed by atoms with Crippen molar-refractivity contribution in [2.75, 3.05) is 23.3 Å². The number of hydrogen-bond donors (Lipinski definition) is 1. The smallest absolute Gasteiger partial charge is 0.128 e. The van der Waals surface area contributed by atoms with E-state index in [4.69, 9.17) is 4.42 Å². The van der Waals surface area contributed by atoms with E-state index >= 15 is 0 Å².